The molecule has 1 N–H and O–H groups in total. The van der Waals surface area contributed by atoms with Gasteiger partial charge in [-0.3, -0.25) is 4.79 Å². The monoisotopic (exact) mass is 504 g/mol. The van der Waals surface area contributed by atoms with Gasteiger partial charge in [-0.05, 0) is 60.5 Å². The van der Waals surface area contributed by atoms with Crippen LogP contribution in [0.25, 0.3) is 6.08 Å². The van der Waals surface area contributed by atoms with Gasteiger partial charge in [0, 0.05) is 26.3 Å². The first kappa shape index (κ1) is 24.0. The van der Waals surface area contributed by atoms with Gasteiger partial charge in [0.2, 0.25) is 0 Å². The molecule has 0 heterocycles. The van der Waals surface area contributed by atoms with Crippen LogP contribution in [0.5, 0.6) is 5.75 Å². The lowest BCUT2D eigenvalue weighted by Crippen LogP contribution is -2.14. The number of halogens is 4. The van der Waals surface area contributed by atoms with Crippen molar-refractivity contribution < 1.29 is 9.53 Å². The first-order valence-corrected chi connectivity index (χ1v) is 10.8. The van der Waals surface area contributed by atoms with Crippen LogP contribution in [0.4, 0.5) is 5.69 Å². The average Bonchev–Trinajstić information content (AvgIpc) is 2.75. The Labute approximate surface area is 205 Å². The summed E-state index contributed by atoms with van der Waals surface area (Å²) in [5.41, 5.74) is 2.61. The van der Waals surface area contributed by atoms with Gasteiger partial charge in [0.25, 0.3) is 5.91 Å². The van der Waals surface area contributed by atoms with E-state index < -0.39 is 5.91 Å². The summed E-state index contributed by atoms with van der Waals surface area (Å²) in [4.78, 5) is 12.6. The maximum absolute atomic E-state index is 12.6. The molecule has 3 aromatic rings. The molecule has 0 aromatic heterocycles. The SMILES string of the molecule is Cc1ccc(Cl)cc1NC(=O)/C(C#N)=C/c1ccc(OCc2ccc(Cl)cc2Cl)c(Cl)c1. The van der Waals surface area contributed by atoms with Gasteiger partial charge >= 0.3 is 0 Å². The van der Waals surface area contributed by atoms with E-state index in [0.29, 0.717) is 37.1 Å². The molecule has 0 fully saturated rings. The van der Waals surface area contributed by atoms with E-state index in [9.17, 15) is 10.1 Å². The van der Waals surface area contributed by atoms with E-state index in [4.69, 9.17) is 51.1 Å². The second kappa shape index (κ2) is 10.8. The molecule has 0 unspecified atom stereocenters. The summed E-state index contributed by atoms with van der Waals surface area (Å²) in [6.07, 6.45) is 1.45. The quantitative estimate of drug-likeness (QED) is 0.275. The van der Waals surface area contributed by atoms with Crippen molar-refractivity contribution in [3.63, 3.8) is 0 Å². The van der Waals surface area contributed by atoms with E-state index in [1.807, 2.05) is 13.0 Å². The highest BCUT2D eigenvalue weighted by molar-refractivity contribution is 6.35. The Bertz CT molecular complexity index is 1250. The van der Waals surface area contributed by atoms with Crippen molar-refractivity contribution in [2.24, 2.45) is 0 Å². The third-order valence-electron chi connectivity index (χ3n) is 4.48. The molecule has 0 bridgehead atoms. The van der Waals surface area contributed by atoms with Crippen LogP contribution < -0.4 is 10.1 Å². The van der Waals surface area contributed by atoms with Crippen molar-refractivity contribution in [2.45, 2.75) is 13.5 Å². The first-order valence-electron chi connectivity index (χ1n) is 9.32. The third-order valence-corrected chi connectivity index (χ3v) is 5.60. The van der Waals surface area contributed by atoms with Crippen LogP contribution in [-0.4, -0.2) is 5.91 Å². The largest absolute Gasteiger partial charge is 0.487 e. The highest BCUT2D eigenvalue weighted by Gasteiger charge is 2.12. The molecule has 0 aliphatic carbocycles. The molecule has 32 heavy (non-hydrogen) atoms. The van der Waals surface area contributed by atoms with Gasteiger partial charge in [-0.1, -0.05) is 64.6 Å². The highest BCUT2D eigenvalue weighted by atomic mass is 35.5. The van der Waals surface area contributed by atoms with Crippen molar-refractivity contribution in [3.8, 4) is 11.8 Å². The maximum atomic E-state index is 12.6. The van der Waals surface area contributed by atoms with Crippen molar-refractivity contribution in [2.75, 3.05) is 5.32 Å². The second-order valence-corrected chi connectivity index (χ2v) is 8.48. The number of ether oxygens (including phenoxy) is 1. The fourth-order valence-electron chi connectivity index (χ4n) is 2.75. The molecule has 3 aromatic carbocycles. The topological polar surface area (TPSA) is 62.1 Å². The second-order valence-electron chi connectivity index (χ2n) is 6.80. The molecule has 0 aliphatic rings. The highest BCUT2D eigenvalue weighted by Crippen LogP contribution is 2.29. The Kier molecular flexibility index (Phi) is 8.06. The summed E-state index contributed by atoms with van der Waals surface area (Å²) in [7, 11) is 0. The molecule has 0 atom stereocenters. The number of aryl methyl sites for hydroxylation is 1. The lowest BCUT2D eigenvalue weighted by molar-refractivity contribution is -0.112. The van der Waals surface area contributed by atoms with Gasteiger partial charge in [0.05, 0.1) is 5.02 Å². The molecule has 0 saturated carbocycles. The van der Waals surface area contributed by atoms with Crippen LogP contribution in [0, 0.1) is 18.3 Å². The van der Waals surface area contributed by atoms with E-state index >= 15 is 0 Å². The number of carbonyl (C=O) groups is 1. The standard InChI is InChI=1S/C24H16Cl4N2O2/c1-14-2-5-19(26)11-22(14)30-24(31)17(12-29)8-15-3-7-23(21(28)9-15)32-13-16-4-6-18(25)10-20(16)27/h2-11H,13H2,1H3,(H,30,31)/b17-8+. The van der Waals surface area contributed by atoms with Crippen molar-refractivity contribution in [3.05, 3.63) is 97.0 Å². The number of benzene rings is 3. The lowest BCUT2D eigenvalue weighted by Gasteiger charge is -2.10. The number of rotatable bonds is 6. The van der Waals surface area contributed by atoms with Gasteiger partial charge in [-0.15, -0.1) is 0 Å². The van der Waals surface area contributed by atoms with Crippen LogP contribution in [0.15, 0.2) is 60.2 Å². The Morgan fingerprint density at radius 3 is 2.41 bits per heavy atom. The van der Waals surface area contributed by atoms with Gasteiger partial charge in [0.15, 0.2) is 0 Å². The average molecular weight is 506 g/mol. The minimum atomic E-state index is -0.549. The Balaban J connectivity index is 1.74. The minimum absolute atomic E-state index is 0.0814. The summed E-state index contributed by atoms with van der Waals surface area (Å²) in [6.45, 7) is 2.03. The van der Waals surface area contributed by atoms with Gasteiger partial charge in [0.1, 0.15) is 24.0 Å². The van der Waals surface area contributed by atoms with E-state index in [2.05, 4.69) is 5.32 Å². The molecule has 0 saturated heterocycles. The minimum Gasteiger partial charge on any atom is -0.487 e. The summed E-state index contributed by atoms with van der Waals surface area (Å²) >= 11 is 24.4. The molecule has 8 heteroatoms. The number of amides is 1. The summed E-state index contributed by atoms with van der Waals surface area (Å²) in [6, 6.07) is 17.1. The zero-order valence-electron chi connectivity index (χ0n) is 16.8. The molecule has 4 nitrogen and oxygen atoms in total. The summed E-state index contributed by atoms with van der Waals surface area (Å²) in [5, 5.41) is 14.0. The number of carbonyl (C=O) groups excluding carboxylic acids is 1. The van der Waals surface area contributed by atoms with Gasteiger partial charge < -0.3 is 10.1 Å². The van der Waals surface area contributed by atoms with Crippen LogP contribution in [0.2, 0.25) is 20.1 Å². The third kappa shape index (κ3) is 6.18. The van der Waals surface area contributed by atoms with E-state index in [1.165, 1.54) is 6.08 Å². The Morgan fingerprint density at radius 2 is 1.72 bits per heavy atom. The number of hydrogen-bond acceptors (Lipinski definition) is 3. The summed E-state index contributed by atoms with van der Waals surface area (Å²) < 4.78 is 5.74. The van der Waals surface area contributed by atoms with E-state index in [0.717, 1.165) is 11.1 Å². The number of nitriles is 1. The van der Waals surface area contributed by atoms with E-state index in [1.54, 1.807) is 54.6 Å². The maximum Gasteiger partial charge on any atom is 0.266 e. The molecule has 0 spiro atoms. The first-order chi connectivity index (χ1) is 15.3. The van der Waals surface area contributed by atoms with Crippen LogP contribution in [0.3, 0.4) is 0 Å². The predicted molar refractivity (Wildman–Crippen MR) is 131 cm³/mol. The lowest BCUT2D eigenvalue weighted by atomic mass is 10.1. The van der Waals surface area contributed by atoms with Crippen LogP contribution >= 0.6 is 46.4 Å². The van der Waals surface area contributed by atoms with Crippen molar-refractivity contribution >= 4 is 64.1 Å². The molecular formula is C24H16Cl4N2O2. The molecular weight excluding hydrogens is 490 g/mol. The number of anilines is 1. The van der Waals surface area contributed by atoms with Crippen molar-refractivity contribution in [1.82, 2.24) is 0 Å². The van der Waals surface area contributed by atoms with E-state index in [-0.39, 0.29) is 12.2 Å². The van der Waals surface area contributed by atoms with Crippen molar-refractivity contribution in [1.29, 1.82) is 5.26 Å². The zero-order valence-corrected chi connectivity index (χ0v) is 19.8. The molecule has 0 radical (unpaired) electrons. The number of nitrogens with one attached hydrogen (secondary N) is 1. The zero-order chi connectivity index (χ0) is 23.3. The number of hydrogen-bond donors (Lipinski definition) is 1. The van der Waals surface area contributed by atoms with Crippen LogP contribution in [0.1, 0.15) is 16.7 Å². The normalized spacial score (nSPS) is 11.1. The molecule has 162 valence electrons. The Hall–Kier alpha value is -2.68. The predicted octanol–water partition coefficient (Wildman–Crippen LogP) is 7.73. The summed E-state index contributed by atoms with van der Waals surface area (Å²) in [5.74, 6) is -0.112. The molecule has 1 amide bonds. The molecule has 0 aliphatic heterocycles. The molecule has 3 rings (SSSR count). The van der Waals surface area contributed by atoms with Gasteiger partial charge in [-0.25, -0.2) is 0 Å². The smallest absolute Gasteiger partial charge is 0.266 e. The number of nitrogens with zero attached hydrogens (tertiary/aromatic N) is 1. The Morgan fingerprint density at radius 1 is 1.00 bits per heavy atom. The fourth-order valence-corrected chi connectivity index (χ4v) is 3.63. The van der Waals surface area contributed by atoms with Gasteiger partial charge in [-0.2, -0.15) is 5.26 Å². The van der Waals surface area contributed by atoms with Crippen LogP contribution in [-0.2, 0) is 11.4 Å². The fraction of sp³-hybridized carbons (Fsp3) is 0.0833.